The molecule has 2 aromatic rings. The first-order valence-corrected chi connectivity index (χ1v) is 5.23. The monoisotopic (exact) mass is 208 g/mol. The Morgan fingerprint density at radius 2 is 1.88 bits per heavy atom. The summed E-state index contributed by atoms with van der Waals surface area (Å²) in [5.41, 5.74) is 0.737. The lowest BCUT2D eigenvalue weighted by Gasteiger charge is -2.00. The average Bonchev–Trinajstić information content (AvgIpc) is 2.35. The molecular formula is C15H12O. The summed E-state index contributed by atoms with van der Waals surface area (Å²) in [7, 11) is 0. The second kappa shape index (κ2) is 4.63. The van der Waals surface area contributed by atoms with Gasteiger partial charge in [0.2, 0.25) is 0 Å². The number of benzene rings is 2. The van der Waals surface area contributed by atoms with E-state index in [-0.39, 0.29) is 5.78 Å². The minimum atomic E-state index is 0.0834. The lowest BCUT2D eigenvalue weighted by molar-refractivity contribution is 0.0998. The Hall–Kier alpha value is -2.07. The van der Waals surface area contributed by atoms with Gasteiger partial charge in [0, 0.05) is 5.56 Å². The van der Waals surface area contributed by atoms with Crippen LogP contribution >= 0.6 is 0 Å². The van der Waals surface area contributed by atoms with E-state index in [4.69, 9.17) is 0 Å². The van der Waals surface area contributed by atoms with Crippen molar-refractivity contribution in [2.24, 2.45) is 0 Å². The van der Waals surface area contributed by atoms with Crippen LogP contribution in [0.25, 0.3) is 10.8 Å². The molecule has 0 aliphatic heterocycles. The fraction of sp³-hybridized carbons (Fsp3) is 0.133. The molecule has 0 atom stereocenters. The molecule has 1 heteroatoms. The van der Waals surface area contributed by atoms with E-state index in [0.29, 0.717) is 6.42 Å². The number of fused-ring (bicyclic) bond motifs is 1. The molecule has 0 radical (unpaired) electrons. The lowest BCUT2D eigenvalue weighted by atomic mass is 10.0. The molecule has 0 amide bonds. The predicted octanol–water partition coefficient (Wildman–Crippen LogP) is 3.44. The van der Waals surface area contributed by atoms with E-state index in [2.05, 4.69) is 11.8 Å². The summed E-state index contributed by atoms with van der Waals surface area (Å²) < 4.78 is 0. The Balaban J connectivity index is 2.38. The van der Waals surface area contributed by atoms with E-state index in [1.54, 1.807) is 6.92 Å². The molecule has 0 aliphatic carbocycles. The second-order valence-electron chi connectivity index (χ2n) is 3.59. The van der Waals surface area contributed by atoms with Crippen molar-refractivity contribution in [3.05, 3.63) is 48.0 Å². The minimum Gasteiger partial charge on any atom is -0.293 e. The molecule has 0 saturated carbocycles. The van der Waals surface area contributed by atoms with E-state index in [9.17, 15) is 4.79 Å². The van der Waals surface area contributed by atoms with Crippen LogP contribution in [-0.2, 0) is 0 Å². The molecule has 0 saturated heterocycles. The molecule has 2 aromatic carbocycles. The zero-order valence-electron chi connectivity index (χ0n) is 9.16. The Labute approximate surface area is 95.1 Å². The molecule has 2 rings (SSSR count). The first-order valence-electron chi connectivity index (χ1n) is 5.23. The molecule has 0 bridgehead atoms. The fourth-order valence-electron chi connectivity index (χ4n) is 1.63. The normalized spacial score (nSPS) is 9.56. The summed E-state index contributed by atoms with van der Waals surface area (Å²) in [5.74, 6) is 5.61. The fourth-order valence-corrected chi connectivity index (χ4v) is 1.63. The van der Waals surface area contributed by atoms with Gasteiger partial charge >= 0.3 is 0 Å². The second-order valence-corrected chi connectivity index (χ2v) is 3.59. The summed E-state index contributed by atoms with van der Waals surface area (Å²) in [4.78, 5) is 11.7. The van der Waals surface area contributed by atoms with Gasteiger partial charge in [0.15, 0.2) is 5.78 Å². The highest BCUT2D eigenvalue weighted by Crippen LogP contribution is 2.16. The molecule has 0 heterocycles. The molecule has 0 spiro atoms. The van der Waals surface area contributed by atoms with Crippen LogP contribution in [0, 0.1) is 11.8 Å². The standard InChI is InChI=1S/C15H12O/c1-2-3-8-15(16)14-10-9-12-6-4-5-7-13(12)11-14/h4-7,9-11H,8H2,1H3. The smallest absolute Gasteiger partial charge is 0.174 e. The zero-order valence-corrected chi connectivity index (χ0v) is 9.16. The van der Waals surface area contributed by atoms with Crippen LogP contribution in [0.2, 0.25) is 0 Å². The first kappa shape index (κ1) is 10.4. The van der Waals surface area contributed by atoms with Crippen LogP contribution in [0.5, 0.6) is 0 Å². The van der Waals surface area contributed by atoms with E-state index >= 15 is 0 Å². The number of hydrogen-bond donors (Lipinski definition) is 0. The highest BCUT2D eigenvalue weighted by atomic mass is 16.1. The molecular weight excluding hydrogens is 196 g/mol. The lowest BCUT2D eigenvalue weighted by Crippen LogP contribution is -1.96. The van der Waals surface area contributed by atoms with Crippen molar-refractivity contribution in [2.45, 2.75) is 13.3 Å². The van der Waals surface area contributed by atoms with Gasteiger partial charge in [0.05, 0.1) is 6.42 Å². The van der Waals surface area contributed by atoms with E-state index in [0.717, 1.165) is 16.3 Å². The Morgan fingerprint density at radius 1 is 1.12 bits per heavy atom. The Morgan fingerprint density at radius 3 is 2.62 bits per heavy atom. The van der Waals surface area contributed by atoms with Gasteiger partial charge in [-0.15, -0.1) is 5.92 Å². The van der Waals surface area contributed by atoms with E-state index in [1.165, 1.54) is 0 Å². The summed E-state index contributed by atoms with van der Waals surface area (Å²) in [5, 5.41) is 2.25. The Bertz CT molecular complexity index is 585. The van der Waals surface area contributed by atoms with E-state index in [1.807, 2.05) is 42.5 Å². The van der Waals surface area contributed by atoms with Crippen LogP contribution in [0.4, 0.5) is 0 Å². The van der Waals surface area contributed by atoms with Crippen molar-refractivity contribution in [3.8, 4) is 11.8 Å². The Kier molecular flexibility index (Phi) is 3.03. The summed E-state index contributed by atoms with van der Waals surface area (Å²) in [6.45, 7) is 1.74. The summed E-state index contributed by atoms with van der Waals surface area (Å²) >= 11 is 0. The first-order chi connectivity index (χ1) is 7.81. The molecule has 0 N–H and O–H groups in total. The molecule has 0 aliphatic rings. The van der Waals surface area contributed by atoms with Gasteiger partial charge < -0.3 is 0 Å². The third-order valence-electron chi connectivity index (χ3n) is 2.50. The molecule has 16 heavy (non-hydrogen) atoms. The quantitative estimate of drug-likeness (QED) is 0.545. The number of carbonyl (C=O) groups is 1. The number of hydrogen-bond acceptors (Lipinski definition) is 1. The van der Waals surface area contributed by atoms with Crippen LogP contribution in [0.15, 0.2) is 42.5 Å². The molecule has 1 nitrogen and oxygen atoms in total. The maximum absolute atomic E-state index is 11.7. The van der Waals surface area contributed by atoms with Gasteiger partial charge in [-0.2, -0.15) is 0 Å². The molecule has 0 unspecified atom stereocenters. The third kappa shape index (κ3) is 2.12. The van der Waals surface area contributed by atoms with Crippen molar-refractivity contribution in [1.82, 2.24) is 0 Å². The average molecular weight is 208 g/mol. The topological polar surface area (TPSA) is 17.1 Å². The van der Waals surface area contributed by atoms with Crippen molar-refractivity contribution in [3.63, 3.8) is 0 Å². The molecule has 0 fully saturated rings. The van der Waals surface area contributed by atoms with Crippen LogP contribution in [0.3, 0.4) is 0 Å². The minimum absolute atomic E-state index is 0.0834. The number of rotatable bonds is 2. The number of carbonyl (C=O) groups excluding carboxylic acids is 1. The van der Waals surface area contributed by atoms with Crippen LogP contribution in [0.1, 0.15) is 23.7 Å². The van der Waals surface area contributed by atoms with Crippen LogP contribution < -0.4 is 0 Å². The van der Waals surface area contributed by atoms with Crippen molar-refractivity contribution < 1.29 is 4.79 Å². The number of ketones is 1. The molecule has 78 valence electrons. The molecule has 0 aromatic heterocycles. The largest absolute Gasteiger partial charge is 0.293 e. The van der Waals surface area contributed by atoms with Crippen molar-refractivity contribution in [2.75, 3.05) is 0 Å². The maximum Gasteiger partial charge on any atom is 0.174 e. The number of Topliss-reactive ketones (excluding diaryl/α,β-unsaturated/α-hetero) is 1. The van der Waals surface area contributed by atoms with E-state index < -0.39 is 0 Å². The van der Waals surface area contributed by atoms with Gasteiger partial charge in [0.1, 0.15) is 0 Å². The van der Waals surface area contributed by atoms with Gasteiger partial charge in [-0.3, -0.25) is 4.79 Å². The van der Waals surface area contributed by atoms with Gasteiger partial charge in [-0.25, -0.2) is 0 Å². The SMILES string of the molecule is CC#CCC(=O)c1ccc2ccccc2c1. The van der Waals surface area contributed by atoms with Crippen molar-refractivity contribution >= 4 is 16.6 Å². The van der Waals surface area contributed by atoms with Crippen LogP contribution in [-0.4, -0.2) is 5.78 Å². The summed E-state index contributed by atoms with van der Waals surface area (Å²) in [6, 6.07) is 13.8. The predicted molar refractivity (Wildman–Crippen MR) is 66.3 cm³/mol. The maximum atomic E-state index is 11.7. The van der Waals surface area contributed by atoms with Gasteiger partial charge in [-0.05, 0) is 23.8 Å². The summed E-state index contributed by atoms with van der Waals surface area (Å²) in [6.07, 6.45) is 0.300. The van der Waals surface area contributed by atoms with Crippen molar-refractivity contribution in [1.29, 1.82) is 0 Å². The zero-order chi connectivity index (χ0) is 11.4. The highest BCUT2D eigenvalue weighted by molar-refractivity contribution is 6.01. The highest BCUT2D eigenvalue weighted by Gasteiger charge is 2.04. The van der Waals surface area contributed by atoms with Gasteiger partial charge in [-0.1, -0.05) is 42.3 Å². The third-order valence-corrected chi connectivity index (χ3v) is 2.50. The van der Waals surface area contributed by atoms with Gasteiger partial charge in [0.25, 0.3) is 0 Å².